The number of anilines is 2. The van der Waals surface area contributed by atoms with Gasteiger partial charge >= 0.3 is 0 Å². The zero-order valence-electron chi connectivity index (χ0n) is 4.97. The lowest BCUT2D eigenvalue weighted by Crippen LogP contribution is -2.08. The highest BCUT2D eigenvalue weighted by molar-refractivity contribution is 5.31. The van der Waals surface area contributed by atoms with Crippen LogP contribution in [0.15, 0.2) is 0 Å². The van der Waals surface area contributed by atoms with Gasteiger partial charge < -0.3 is 5.32 Å². The van der Waals surface area contributed by atoms with Crippen LogP contribution in [0, 0.1) is 0 Å². The number of aromatic nitrogens is 3. The topological polar surface area (TPSA) is 91.7 Å². The second-order valence-electron chi connectivity index (χ2n) is 1.40. The van der Waals surface area contributed by atoms with Gasteiger partial charge in [0, 0.05) is 7.05 Å². The summed E-state index contributed by atoms with van der Waals surface area (Å²) < 4.78 is 0. The molecule has 1 rings (SSSR count). The first kappa shape index (κ1) is 5.83. The first-order valence-electron chi connectivity index (χ1n) is 2.43. The predicted molar refractivity (Wildman–Crippen MR) is 33.7 cm³/mol. The fourth-order valence-corrected chi connectivity index (χ4v) is 0.438. The Morgan fingerprint density at radius 2 is 2.44 bits per heavy atom. The maximum absolute atomic E-state index is 5.01. The lowest BCUT2D eigenvalue weighted by atomic mass is 11.0. The number of nitrogens with zero attached hydrogens (tertiary/aromatic N) is 2. The Bertz CT molecular complexity index is 162. The van der Waals surface area contributed by atoms with Crippen molar-refractivity contribution in [2.75, 3.05) is 17.8 Å². The Hall–Kier alpha value is -1.30. The highest BCUT2D eigenvalue weighted by Gasteiger charge is 1.94. The van der Waals surface area contributed by atoms with Crippen LogP contribution >= 0.6 is 0 Å². The molecule has 5 N–H and O–H groups in total. The molecule has 0 aromatic carbocycles. The fourth-order valence-electron chi connectivity index (χ4n) is 0.438. The van der Waals surface area contributed by atoms with Crippen LogP contribution in [0.4, 0.5) is 11.9 Å². The van der Waals surface area contributed by atoms with Gasteiger partial charge in [0.2, 0.25) is 11.9 Å². The van der Waals surface area contributed by atoms with Gasteiger partial charge in [-0.05, 0) is 0 Å². The van der Waals surface area contributed by atoms with Crippen molar-refractivity contribution in [1.82, 2.24) is 15.2 Å². The second kappa shape index (κ2) is 2.31. The molecule has 0 amide bonds. The quantitative estimate of drug-likeness (QED) is 0.307. The van der Waals surface area contributed by atoms with E-state index in [-0.39, 0.29) is 0 Å². The minimum atomic E-state index is 0.444. The lowest BCUT2D eigenvalue weighted by molar-refractivity contribution is 1.08. The number of hydrazine groups is 1. The van der Waals surface area contributed by atoms with E-state index >= 15 is 0 Å². The SMILES string of the molecule is CNc1n[nH]c(NN)n1. The molecule has 0 saturated heterocycles. The van der Waals surface area contributed by atoms with E-state index in [1.165, 1.54) is 0 Å². The Balaban J connectivity index is 2.74. The summed E-state index contributed by atoms with van der Waals surface area (Å²) in [5, 5.41) is 9.00. The smallest absolute Gasteiger partial charge is 0.243 e. The summed E-state index contributed by atoms with van der Waals surface area (Å²) >= 11 is 0. The molecule has 9 heavy (non-hydrogen) atoms. The molecule has 6 nitrogen and oxygen atoms in total. The third kappa shape index (κ3) is 1.08. The molecule has 50 valence electrons. The summed E-state index contributed by atoms with van der Waals surface area (Å²) in [6.45, 7) is 0. The summed E-state index contributed by atoms with van der Waals surface area (Å²) in [5.41, 5.74) is 2.31. The number of aromatic amines is 1. The summed E-state index contributed by atoms with van der Waals surface area (Å²) in [6.07, 6.45) is 0. The van der Waals surface area contributed by atoms with Crippen molar-refractivity contribution >= 4 is 11.9 Å². The lowest BCUT2D eigenvalue weighted by Gasteiger charge is -1.86. The van der Waals surface area contributed by atoms with Crippen LogP contribution < -0.4 is 16.6 Å². The van der Waals surface area contributed by atoms with E-state index in [1.807, 2.05) is 0 Å². The van der Waals surface area contributed by atoms with E-state index in [1.54, 1.807) is 7.05 Å². The molecule has 0 spiro atoms. The largest absolute Gasteiger partial charge is 0.356 e. The van der Waals surface area contributed by atoms with E-state index in [2.05, 4.69) is 25.9 Å². The third-order valence-electron chi connectivity index (χ3n) is 0.846. The molecule has 0 bridgehead atoms. The molecule has 1 aromatic heterocycles. The minimum Gasteiger partial charge on any atom is -0.356 e. The van der Waals surface area contributed by atoms with Gasteiger partial charge in [0.1, 0.15) is 0 Å². The molecule has 0 aliphatic carbocycles. The molecule has 0 atom stereocenters. The molecule has 0 fully saturated rings. The maximum atomic E-state index is 5.01. The Morgan fingerprint density at radius 3 is 2.78 bits per heavy atom. The van der Waals surface area contributed by atoms with Gasteiger partial charge in [0.05, 0.1) is 0 Å². The molecule has 6 heteroatoms. The van der Waals surface area contributed by atoms with E-state index in [0.29, 0.717) is 11.9 Å². The van der Waals surface area contributed by atoms with Crippen LogP contribution in [0.25, 0.3) is 0 Å². The van der Waals surface area contributed by atoms with Crippen molar-refractivity contribution in [3.05, 3.63) is 0 Å². The van der Waals surface area contributed by atoms with Gasteiger partial charge in [-0.15, -0.1) is 5.10 Å². The van der Waals surface area contributed by atoms with Crippen LogP contribution in [0.1, 0.15) is 0 Å². The summed E-state index contributed by atoms with van der Waals surface area (Å²) in [5.74, 6) is 5.97. The first-order chi connectivity index (χ1) is 4.36. The van der Waals surface area contributed by atoms with E-state index in [4.69, 9.17) is 5.84 Å². The predicted octanol–water partition coefficient (Wildman–Crippen LogP) is -0.868. The second-order valence-corrected chi connectivity index (χ2v) is 1.40. The molecule has 0 unspecified atom stereocenters. The zero-order valence-corrected chi connectivity index (χ0v) is 4.97. The van der Waals surface area contributed by atoms with Gasteiger partial charge in [0.15, 0.2) is 0 Å². The fraction of sp³-hybridized carbons (Fsp3) is 0.333. The highest BCUT2D eigenvalue weighted by Crippen LogP contribution is 1.98. The van der Waals surface area contributed by atoms with Crippen LogP contribution in [0.3, 0.4) is 0 Å². The van der Waals surface area contributed by atoms with Crippen molar-refractivity contribution in [3.8, 4) is 0 Å². The molecule has 1 heterocycles. The average molecular weight is 128 g/mol. The molecule has 1 aromatic rings. The molecule has 0 aliphatic rings. The van der Waals surface area contributed by atoms with Gasteiger partial charge in [-0.25, -0.2) is 10.9 Å². The monoisotopic (exact) mass is 128 g/mol. The number of H-pyrrole nitrogens is 1. The number of nitrogens with one attached hydrogen (secondary N) is 3. The van der Waals surface area contributed by atoms with Crippen molar-refractivity contribution in [1.29, 1.82) is 0 Å². The first-order valence-corrected chi connectivity index (χ1v) is 2.43. The number of nitrogens with two attached hydrogens (primary N) is 1. The Morgan fingerprint density at radius 1 is 1.67 bits per heavy atom. The van der Waals surface area contributed by atoms with Crippen LogP contribution in [-0.4, -0.2) is 22.2 Å². The van der Waals surface area contributed by atoms with E-state index < -0.39 is 0 Å². The number of rotatable bonds is 2. The Labute approximate surface area is 51.8 Å². The van der Waals surface area contributed by atoms with Crippen LogP contribution in [-0.2, 0) is 0 Å². The van der Waals surface area contributed by atoms with Crippen molar-refractivity contribution in [2.24, 2.45) is 5.84 Å². The maximum Gasteiger partial charge on any atom is 0.243 e. The van der Waals surface area contributed by atoms with Gasteiger partial charge in [0.25, 0.3) is 0 Å². The number of hydrogen-bond donors (Lipinski definition) is 4. The zero-order chi connectivity index (χ0) is 6.69. The van der Waals surface area contributed by atoms with Crippen molar-refractivity contribution in [3.63, 3.8) is 0 Å². The minimum absolute atomic E-state index is 0.444. The molecular formula is C3H8N6. The molecule has 0 aliphatic heterocycles. The Kier molecular flexibility index (Phi) is 1.50. The van der Waals surface area contributed by atoms with Crippen LogP contribution in [0.2, 0.25) is 0 Å². The molecule has 0 radical (unpaired) electrons. The van der Waals surface area contributed by atoms with Crippen LogP contribution in [0.5, 0.6) is 0 Å². The summed E-state index contributed by atoms with van der Waals surface area (Å²) in [4.78, 5) is 3.83. The third-order valence-corrected chi connectivity index (χ3v) is 0.846. The highest BCUT2D eigenvalue weighted by atomic mass is 15.4. The van der Waals surface area contributed by atoms with Gasteiger partial charge in [-0.1, -0.05) is 0 Å². The average Bonchev–Trinajstić information content (AvgIpc) is 2.34. The standard InChI is InChI=1S/C3H8N6/c1-5-2-6-3(7-4)9-8-2/h4H2,1H3,(H3,5,6,7,8,9). The number of nitrogen functional groups attached to an aromatic ring is 1. The van der Waals surface area contributed by atoms with Crippen molar-refractivity contribution in [2.45, 2.75) is 0 Å². The number of hydrogen-bond acceptors (Lipinski definition) is 5. The van der Waals surface area contributed by atoms with E-state index in [0.717, 1.165) is 0 Å². The summed E-state index contributed by atoms with van der Waals surface area (Å²) in [6, 6.07) is 0. The van der Waals surface area contributed by atoms with Crippen molar-refractivity contribution < 1.29 is 0 Å². The van der Waals surface area contributed by atoms with E-state index in [9.17, 15) is 0 Å². The van der Waals surface area contributed by atoms with Gasteiger partial charge in [-0.3, -0.25) is 5.43 Å². The molecule has 0 saturated carbocycles. The summed E-state index contributed by atoms with van der Waals surface area (Å²) in [7, 11) is 1.73. The molecular weight excluding hydrogens is 120 g/mol. The van der Waals surface area contributed by atoms with Gasteiger partial charge in [-0.2, -0.15) is 4.98 Å². The normalized spacial score (nSPS) is 9.11.